The molecule has 0 spiro atoms. The van der Waals surface area contributed by atoms with Crippen molar-refractivity contribution >= 4 is 34.1 Å². The number of halogens is 3. The van der Waals surface area contributed by atoms with Crippen molar-refractivity contribution in [3.63, 3.8) is 0 Å². The monoisotopic (exact) mass is 437 g/mol. The van der Waals surface area contributed by atoms with Gasteiger partial charge in [0.15, 0.2) is 0 Å². The minimum absolute atomic E-state index is 0.254. The predicted molar refractivity (Wildman–Crippen MR) is 117 cm³/mol. The average Bonchev–Trinajstić information content (AvgIpc) is 2.77. The molecule has 9 heteroatoms. The van der Waals surface area contributed by atoms with Gasteiger partial charge in [-0.25, -0.2) is 14.8 Å². The molecule has 0 radical (unpaired) electrons. The van der Waals surface area contributed by atoms with Gasteiger partial charge in [0.1, 0.15) is 12.1 Å². The molecule has 0 bridgehead atoms. The smallest absolute Gasteiger partial charge is 0.365 e. The molecule has 0 saturated heterocycles. The van der Waals surface area contributed by atoms with Gasteiger partial charge in [0, 0.05) is 23.3 Å². The van der Waals surface area contributed by atoms with E-state index in [-0.39, 0.29) is 5.69 Å². The fraction of sp³-hybridized carbons (Fsp3) is 0.0870. The Kier molecular flexibility index (Phi) is 5.89. The number of alkyl halides is 3. The van der Waals surface area contributed by atoms with Crippen molar-refractivity contribution in [1.29, 1.82) is 0 Å². The third kappa shape index (κ3) is 5.12. The number of rotatable bonds is 5. The van der Waals surface area contributed by atoms with E-state index >= 15 is 0 Å². The summed E-state index contributed by atoms with van der Waals surface area (Å²) in [5, 5.41) is 9.37. The number of urea groups is 1. The first-order valence-corrected chi connectivity index (χ1v) is 9.66. The minimum atomic E-state index is -4.42. The second-order valence-electron chi connectivity index (χ2n) is 6.95. The van der Waals surface area contributed by atoms with Crippen molar-refractivity contribution in [1.82, 2.24) is 9.97 Å². The largest absolute Gasteiger partial charge is 0.416 e. The van der Waals surface area contributed by atoms with E-state index in [0.29, 0.717) is 18.1 Å². The van der Waals surface area contributed by atoms with Gasteiger partial charge in [0.25, 0.3) is 0 Å². The summed E-state index contributed by atoms with van der Waals surface area (Å²) in [5.41, 5.74) is 1.76. The topological polar surface area (TPSA) is 78.9 Å². The van der Waals surface area contributed by atoms with Crippen LogP contribution in [0.2, 0.25) is 0 Å². The fourth-order valence-corrected chi connectivity index (χ4v) is 3.13. The molecule has 0 fully saturated rings. The number of nitrogens with zero attached hydrogens (tertiary/aromatic N) is 2. The molecule has 6 nitrogen and oxygen atoms in total. The predicted octanol–water partition coefficient (Wildman–Crippen LogP) is 5.90. The van der Waals surface area contributed by atoms with Gasteiger partial charge in [-0.15, -0.1) is 0 Å². The summed E-state index contributed by atoms with van der Waals surface area (Å²) in [7, 11) is 0. The Morgan fingerprint density at radius 3 is 2.38 bits per heavy atom. The van der Waals surface area contributed by atoms with Gasteiger partial charge in [-0.1, -0.05) is 24.3 Å². The Labute approximate surface area is 181 Å². The Bertz CT molecular complexity index is 1240. The molecule has 162 valence electrons. The van der Waals surface area contributed by atoms with Gasteiger partial charge < -0.3 is 16.0 Å². The highest BCUT2D eigenvalue weighted by atomic mass is 19.4. The maximum absolute atomic E-state index is 12.6. The summed E-state index contributed by atoms with van der Waals surface area (Å²) < 4.78 is 37.9. The van der Waals surface area contributed by atoms with E-state index in [2.05, 4.69) is 25.9 Å². The van der Waals surface area contributed by atoms with Gasteiger partial charge in [0.05, 0.1) is 11.1 Å². The normalized spacial score (nSPS) is 11.2. The molecule has 3 N–H and O–H groups in total. The van der Waals surface area contributed by atoms with Crippen molar-refractivity contribution in [2.45, 2.75) is 12.7 Å². The number of nitrogens with one attached hydrogen (secondary N) is 3. The van der Waals surface area contributed by atoms with E-state index in [0.717, 1.165) is 28.6 Å². The molecule has 32 heavy (non-hydrogen) atoms. The molecule has 3 aromatic carbocycles. The number of amides is 2. The van der Waals surface area contributed by atoms with Crippen LogP contribution in [0.3, 0.4) is 0 Å². The van der Waals surface area contributed by atoms with E-state index in [4.69, 9.17) is 0 Å². The lowest BCUT2D eigenvalue weighted by Crippen LogP contribution is -2.19. The van der Waals surface area contributed by atoms with E-state index in [1.807, 2.05) is 30.3 Å². The first-order valence-electron chi connectivity index (χ1n) is 9.66. The summed E-state index contributed by atoms with van der Waals surface area (Å²) in [6.07, 6.45) is -2.93. The first-order chi connectivity index (χ1) is 15.4. The molecule has 0 aliphatic carbocycles. The molecule has 0 atom stereocenters. The maximum Gasteiger partial charge on any atom is 0.416 e. The van der Waals surface area contributed by atoms with Crippen LogP contribution in [0.15, 0.2) is 79.1 Å². The van der Waals surface area contributed by atoms with Crippen molar-refractivity contribution < 1.29 is 18.0 Å². The molecule has 0 aliphatic heterocycles. The SMILES string of the molecule is O=C(Nc1ccc(C(F)(F)F)cc1)Nc1cccc(CNc2ncnc3ccccc23)c1. The van der Waals surface area contributed by atoms with Gasteiger partial charge >= 0.3 is 12.2 Å². The van der Waals surface area contributed by atoms with Crippen LogP contribution >= 0.6 is 0 Å². The lowest BCUT2D eigenvalue weighted by atomic mass is 10.2. The molecular formula is C23H18F3N5O. The zero-order chi connectivity index (χ0) is 22.6. The number of carbonyl (C=O) groups is 1. The number of para-hydroxylation sites is 1. The van der Waals surface area contributed by atoms with E-state index in [1.54, 1.807) is 18.2 Å². The number of anilines is 3. The molecule has 4 aromatic rings. The quantitative estimate of drug-likeness (QED) is 0.363. The van der Waals surface area contributed by atoms with Crippen LogP contribution in [0.25, 0.3) is 10.9 Å². The van der Waals surface area contributed by atoms with Crippen molar-refractivity contribution in [3.8, 4) is 0 Å². The zero-order valence-corrected chi connectivity index (χ0v) is 16.6. The summed E-state index contributed by atoms with van der Waals surface area (Å²) in [6, 6.07) is 18.5. The second-order valence-corrected chi connectivity index (χ2v) is 6.95. The summed E-state index contributed by atoms with van der Waals surface area (Å²) >= 11 is 0. The molecule has 1 heterocycles. The maximum atomic E-state index is 12.6. The zero-order valence-electron chi connectivity index (χ0n) is 16.6. The summed E-state index contributed by atoms with van der Waals surface area (Å²) in [4.78, 5) is 20.7. The highest BCUT2D eigenvalue weighted by Crippen LogP contribution is 2.29. The highest BCUT2D eigenvalue weighted by molar-refractivity contribution is 5.99. The van der Waals surface area contributed by atoms with Crippen molar-refractivity contribution in [3.05, 3.63) is 90.3 Å². The Morgan fingerprint density at radius 2 is 1.59 bits per heavy atom. The molecule has 0 aliphatic rings. The molecule has 2 amide bonds. The van der Waals surface area contributed by atoms with Crippen LogP contribution in [-0.2, 0) is 12.7 Å². The lowest BCUT2D eigenvalue weighted by Gasteiger charge is -2.11. The Hall–Kier alpha value is -4.14. The number of hydrogen-bond acceptors (Lipinski definition) is 4. The first kappa shape index (κ1) is 21.1. The van der Waals surface area contributed by atoms with Crippen molar-refractivity contribution in [2.75, 3.05) is 16.0 Å². The number of carbonyl (C=O) groups excluding carboxylic acids is 1. The van der Waals surface area contributed by atoms with Gasteiger partial charge in [0.2, 0.25) is 0 Å². The number of fused-ring (bicyclic) bond motifs is 1. The standard InChI is InChI=1S/C23H18F3N5O/c24-23(25,26)16-8-10-17(11-9-16)30-22(32)31-18-5-3-4-15(12-18)13-27-21-19-6-1-2-7-20(19)28-14-29-21/h1-12,14H,13H2,(H,27,28,29)(H2,30,31,32). The van der Waals surface area contributed by atoms with E-state index in [1.165, 1.54) is 18.5 Å². The summed E-state index contributed by atoms with van der Waals surface area (Å²) in [6.45, 7) is 0.469. The fourth-order valence-electron chi connectivity index (χ4n) is 3.13. The minimum Gasteiger partial charge on any atom is -0.365 e. The van der Waals surface area contributed by atoms with E-state index in [9.17, 15) is 18.0 Å². The van der Waals surface area contributed by atoms with E-state index < -0.39 is 17.8 Å². The molecule has 1 aromatic heterocycles. The van der Waals surface area contributed by atoms with Crippen molar-refractivity contribution in [2.24, 2.45) is 0 Å². The van der Waals surface area contributed by atoms with Crippen LogP contribution in [0.1, 0.15) is 11.1 Å². The van der Waals surface area contributed by atoms with Crippen LogP contribution < -0.4 is 16.0 Å². The highest BCUT2D eigenvalue weighted by Gasteiger charge is 2.29. The van der Waals surface area contributed by atoms with Gasteiger partial charge in [-0.05, 0) is 54.1 Å². The third-order valence-electron chi connectivity index (χ3n) is 4.66. The second kappa shape index (κ2) is 8.93. The Balaban J connectivity index is 1.38. The molecule has 0 saturated carbocycles. The van der Waals surface area contributed by atoms with Gasteiger partial charge in [-0.3, -0.25) is 0 Å². The molecule has 4 rings (SSSR count). The lowest BCUT2D eigenvalue weighted by molar-refractivity contribution is -0.137. The molecular weight excluding hydrogens is 419 g/mol. The van der Waals surface area contributed by atoms with Gasteiger partial charge in [-0.2, -0.15) is 13.2 Å². The number of benzene rings is 3. The number of aromatic nitrogens is 2. The summed E-state index contributed by atoms with van der Waals surface area (Å²) in [5.74, 6) is 0.703. The van der Waals surface area contributed by atoms with Crippen LogP contribution in [0.5, 0.6) is 0 Å². The average molecular weight is 437 g/mol. The van der Waals surface area contributed by atoms with Crippen LogP contribution in [0, 0.1) is 0 Å². The van der Waals surface area contributed by atoms with Crippen LogP contribution in [0.4, 0.5) is 35.2 Å². The number of hydrogen-bond donors (Lipinski definition) is 3. The third-order valence-corrected chi connectivity index (χ3v) is 4.66. The molecule has 0 unspecified atom stereocenters. The Morgan fingerprint density at radius 1 is 0.844 bits per heavy atom. The van der Waals surface area contributed by atoms with Crippen LogP contribution in [-0.4, -0.2) is 16.0 Å².